The van der Waals surface area contributed by atoms with Crippen molar-refractivity contribution in [2.24, 2.45) is 0 Å². The van der Waals surface area contributed by atoms with Crippen LogP contribution in [0, 0.1) is 0 Å². The Morgan fingerprint density at radius 1 is 1.03 bits per heavy atom. The third-order valence-electron chi connectivity index (χ3n) is 6.48. The Morgan fingerprint density at radius 3 is 2.55 bits per heavy atom. The third kappa shape index (κ3) is 4.39. The van der Waals surface area contributed by atoms with Crippen molar-refractivity contribution in [3.63, 3.8) is 0 Å². The van der Waals surface area contributed by atoms with Crippen molar-refractivity contribution in [2.45, 2.75) is 44.2 Å². The van der Waals surface area contributed by atoms with Crippen LogP contribution in [0.4, 0.5) is 0 Å². The van der Waals surface area contributed by atoms with Gasteiger partial charge in [0.1, 0.15) is 5.69 Å². The molecular weight excluding hydrogens is 412 g/mol. The van der Waals surface area contributed by atoms with Crippen molar-refractivity contribution in [1.29, 1.82) is 0 Å². The SMILES string of the molecule is O=C(N[C@H](CO)c1ccccc1)c1ccc2c(c1)nc(-c1ccccn1)n2C1CCCCC1. The van der Waals surface area contributed by atoms with Crippen LogP contribution in [0.5, 0.6) is 0 Å². The molecule has 6 nitrogen and oxygen atoms in total. The first-order chi connectivity index (χ1) is 16.2. The molecule has 0 spiro atoms. The van der Waals surface area contributed by atoms with E-state index in [0.29, 0.717) is 11.6 Å². The molecule has 33 heavy (non-hydrogen) atoms. The number of amides is 1. The van der Waals surface area contributed by atoms with E-state index in [1.807, 2.05) is 66.7 Å². The van der Waals surface area contributed by atoms with Crippen molar-refractivity contribution in [1.82, 2.24) is 19.9 Å². The van der Waals surface area contributed by atoms with Crippen LogP contribution in [0.3, 0.4) is 0 Å². The number of rotatable bonds is 6. The fourth-order valence-corrected chi connectivity index (χ4v) is 4.79. The molecule has 0 bridgehead atoms. The molecule has 1 saturated carbocycles. The quantitative estimate of drug-likeness (QED) is 0.439. The van der Waals surface area contributed by atoms with E-state index in [4.69, 9.17) is 4.98 Å². The molecule has 1 atom stereocenters. The minimum absolute atomic E-state index is 0.169. The molecule has 1 fully saturated rings. The summed E-state index contributed by atoms with van der Waals surface area (Å²) in [6, 6.07) is 21.0. The average molecular weight is 441 g/mol. The van der Waals surface area contributed by atoms with Crippen LogP contribution in [0.15, 0.2) is 72.9 Å². The molecular formula is C27H28N4O2. The van der Waals surface area contributed by atoms with E-state index >= 15 is 0 Å². The predicted octanol–water partition coefficient (Wildman–Crippen LogP) is 5.07. The summed E-state index contributed by atoms with van der Waals surface area (Å²) in [7, 11) is 0. The molecule has 0 saturated heterocycles. The van der Waals surface area contributed by atoms with Gasteiger partial charge in [-0.15, -0.1) is 0 Å². The predicted molar refractivity (Wildman–Crippen MR) is 129 cm³/mol. The number of nitrogens with one attached hydrogen (secondary N) is 1. The third-order valence-corrected chi connectivity index (χ3v) is 6.48. The van der Waals surface area contributed by atoms with Gasteiger partial charge in [-0.25, -0.2) is 4.98 Å². The number of hydrogen-bond acceptors (Lipinski definition) is 4. The molecule has 2 aromatic heterocycles. The molecule has 1 aliphatic carbocycles. The molecule has 168 valence electrons. The van der Waals surface area contributed by atoms with Gasteiger partial charge in [0.2, 0.25) is 0 Å². The number of nitrogens with zero attached hydrogens (tertiary/aromatic N) is 3. The summed E-state index contributed by atoms with van der Waals surface area (Å²) in [6.07, 6.45) is 7.76. The molecule has 6 heteroatoms. The van der Waals surface area contributed by atoms with Crippen molar-refractivity contribution >= 4 is 16.9 Å². The maximum Gasteiger partial charge on any atom is 0.251 e. The van der Waals surface area contributed by atoms with Gasteiger partial charge in [0, 0.05) is 17.8 Å². The van der Waals surface area contributed by atoms with Gasteiger partial charge in [-0.2, -0.15) is 0 Å². The van der Waals surface area contributed by atoms with Crippen LogP contribution < -0.4 is 5.32 Å². The number of aromatic nitrogens is 3. The Hall–Kier alpha value is -3.51. The zero-order valence-electron chi connectivity index (χ0n) is 18.5. The highest BCUT2D eigenvalue weighted by Gasteiger charge is 2.24. The summed E-state index contributed by atoms with van der Waals surface area (Å²) >= 11 is 0. The van der Waals surface area contributed by atoms with Crippen LogP contribution in [0.25, 0.3) is 22.6 Å². The molecule has 0 unspecified atom stereocenters. The number of aliphatic hydroxyl groups excluding tert-OH is 1. The second kappa shape index (κ2) is 9.55. The van der Waals surface area contributed by atoms with Crippen molar-refractivity contribution in [2.75, 3.05) is 6.61 Å². The van der Waals surface area contributed by atoms with Gasteiger partial charge in [-0.05, 0) is 48.7 Å². The fraction of sp³-hybridized carbons (Fsp3) is 0.296. The Morgan fingerprint density at radius 2 is 1.82 bits per heavy atom. The molecule has 1 aliphatic rings. The van der Waals surface area contributed by atoms with Gasteiger partial charge in [0.15, 0.2) is 5.82 Å². The van der Waals surface area contributed by atoms with Gasteiger partial charge < -0.3 is 15.0 Å². The highest BCUT2D eigenvalue weighted by Crippen LogP contribution is 2.35. The summed E-state index contributed by atoms with van der Waals surface area (Å²) in [5.41, 5.74) is 4.05. The highest BCUT2D eigenvalue weighted by molar-refractivity contribution is 5.98. The largest absolute Gasteiger partial charge is 0.394 e. The maximum absolute atomic E-state index is 13.0. The van der Waals surface area contributed by atoms with E-state index in [1.54, 1.807) is 6.20 Å². The first kappa shape index (κ1) is 21.3. The van der Waals surface area contributed by atoms with E-state index in [0.717, 1.165) is 41.0 Å². The Bertz CT molecular complexity index is 1230. The van der Waals surface area contributed by atoms with E-state index in [1.165, 1.54) is 19.3 Å². The molecule has 0 radical (unpaired) electrons. The topological polar surface area (TPSA) is 80.0 Å². The summed E-state index contributed by atoms with van der Waals surface area (Å²) in [4.78, 5) is 22.5. The van der Waals surface area contributed by atoms with Crippen LogP contribution in [-0.4, -0.2) is 32.2 Å². The zero-order chi connectivity index (χ0) is 22.6. The molecule has 2 heterocycles. The number of fused-ring (bicyclic) bond motifs is 1. The van der Waals surface area contributed by atoms with Crippen molar-refractivity contribution in [3.8, 4) is 11.5 Å². The first-order valence-corrected chi connectivity index (χ1v) is 11.6. The normalized spacial score (nSPS) is 15.4. The van der Waals surface area contributed by atoms with Gasteiger partial charge in [-0.1, -0.05) is 55.7 Å². The minimum Gasteiger partial charge on any atom is -0.394 e. The second-order valence-electron chi connectivity index (χ2n) is 8.64. The lowest BCUT2D eigenvalue weighted by Crippen LogP contribution is -2.30. The standard InChI is InChI=1S/C27H28N4O2/c32-18-24(19-9-3-1-4-10-19)30-27(33)20-14-15-25-23(17-20)29-26(22-13-7-8-16-28-22)31(25)21-11-5-2-6-12-21/h1,3-4,7-10,13-17,21,24,32H,2,5-6,11-12,18H2,(H,30,33)/t24-/m1/s1. The Labute approximate surface area is 193 Å². The first-order valence-electron chi connectivity index (χ1n) is 11.6. The van der Waals surface area contributed by atoms with Gasteiger partial charge in [-0.3, -0.25) is 9.78 Å². The van der Waals surface area contributed by atoms with Crippen LogP contribution in [-0.2, 0) is 0 Å². The summed E-state index contributed by atoms with van der Waals surface area (Å²) < 4.78 is 2.32. The second-order valence-corrected chi connectivity index (χ2v) is 8.64. The van der Waals surface area contributed by atoms with Gasteiger partial charge in [0.25, 0.3) is 5.91 Å². The van der Waals surface area contributed by atoms with E-state index in [2.05, 4.69) is 14.9 Å². The van der Waals surface area contributed by atoms with Crippen LogP contribution in [0.1, 0.15) is 60.1 Å². The number of hydrogen-bond donors (Lipinski definition) is 2. The molecule has 2 aromatic carbocycles. The fourth-order valence-electron chi connectivity index (χ4n) is 4.79. The lowest BCUT2D eigenvalue weighted by molar-refractivity contribution is 0.0916. The molecule has 2 N–H and O–H groups in total. The lowest BCUT2D eigenvalue weighted by atomic mass is 9.95. The van der Waals surface area contributed by atoms with Crippen molar-refractivity contribution < 1.29 is 9.90 Å². The van der Waals surface area contributed by atoms with E-state index < -0.39 is 6.04 Å². The van der Waals surface area contributed by atoms with E-state index in [9.17, 15) is 9.90 Å². The van der Waals surface area contributed by atoms with Crippen LogP contribution >= 0.6 is 0 Å². The number of pyridine rings is 1. The maximum atomic E-state index is 13.0. The highest BCUT2D eigenvalue weighted by atomic mass is 16.3. The summed E-state index contributed by atoms with van der Waals surface area (Å²) in [5.74, 6) is 0.624. The Kier molecular flexibility index (Phi) is 6.17. The number of benzene rings is 2. The molecule has 5 rings (SSSR count). The van der Waals surface area contributed by atoms with Crippen LogP contribution in [0.2, 0.25) is 0 Å². The zero-order valence-corrected chi connectivity index (χ0v) is 18.5. The number of carbonyl (C=O) groups is 1. The number of aliphatic hydroxyl groups is 1. The Balaban J connectivity index is 1.50. The minimum atomic E-state index is -0.460. The number of imidazole rings is 1. The number of carbonyl (C=O) groups excluding carboxylic acids is 1. The monoisotopic (exact) mass is 440 g/mol. The van der Waals surface area contributed by atoms with Gasteiger partial charge in [0.05, 0.1) is 23.7 Å². The summed E-state index contributed by atoms with van der Waals surface area (Å²) in [5, 5.41) is 12.8. The molecule has 0 aliphatic heterocycles. The smallest absolute Gasteiger partial charge is 0.251 e. The van der Waals surface area contributed by atoms with E-state index in [-0.39, 0.29) is 12.5 Å². The lowest BCUT2D eigenvalue weighted by Gasteiger charge is -2.25. The van der Waals surface area contributed by atoms with Gasteiger partial charge >= 0.3 is 0 Å². The molecule has 1 amide bonds. The molecule has 4 aromatic rings. The average Bonchev–Trinajstić information content (AvgIpc) is 3.27. The summed E-state index contributed by atoms with van der Waals surface area (Å²) in [6.45, 7) is -0.169. The van der Waals surface area contributed by atoms with Crippen molar-refractivity contribution in [3.05, 3.63) is 84.1 Å².